The summed E-state index contributed by atoms with van der Waals surface area (Å²) in [5.41, 5.74) is 8.94. The number of anilines is 1. The molecule has 3 N–H and O–H groups in total. The minimum Gasteiger partial charge on any atom is -0.409 e. The van der Waals surface area contributed by atoms with E-state index < -0.39 is 0 Å². The van der Waals surface area contributed by atoms with Gasteiger partial charge in [-0.25, -0.2) is 4.98 Å². The molecule has 0 aromatic carbocycles. The van der Waals surface area contributed by atoms with Crippen LogP contribution in [0.1, 0.15) is 44.0 Å². The molecule has 20 heavy (non-hydrogen) atoms. The maximum atomic E-state index is 9.01. The summed E-state index contributed by atoms with van der Waals surface area (Å²) >= 11 is 0. The Kier molecular flexibility index (Phi) is 4.16. The number of nitrogens with two attached hydrogens (primary N) is 1. The first-order chi connectivity index (χ1) is 9.45. The zero-order chi connectivity index (χ0) is 14.9. The van der Waals surface area contributed by atoms with Crippen LogP contribution in [0, 0.1) is 5.92 Å². The summed E-state index contributed by atoms with van der Waals surface area (Å²) in [7, 11) is 2.02. The smallest absolute Gasteiger partial charge is 0.173 e. The van der Waals surface area contributed by atoms with Gasteiger partial charge in [-0.1, -0.05) is 19.0 Å². The van der Waals surface area contributed by atoms with E-state index in [0.29, 0.717) is 12.0 Å². The number of pyridine rings is 1. The van der Waals surface area contributed by atoms with Gasteiger partial charge in [-0.2, -0.15) is 0 Å². The van der Waals surface area contributed by atoms with Crippen LogP contribution in [0.15, 0.2) is 11.2 Å². The molecular formula is C15H24N4O. The summed E-state index contributed by atoms with van der Waals surface area (Å²) < 4.78 is 0. The molecule has 1 aromatic heterocycles. The number of hydrogen-bond acceptors (Lipinski definition) is 4. The third-order valence-electron chi connectivity index (χ3n) is 4.32. The minimum atomic E-state index is 0.130. The Morgan fingerprint density at radius 3 is 2.70 bits per heavy atom. The third kappa shape index (κ3) is 2.57. The quantitative estimate of drug-likeness (QED) is 0.382. The second kappa shape index (κ2) is 5.69. The summed E-state index contributed by atoms with van der Waals surface area (Å²) in [6.07, 6.45) is 3.17. The molecule has 110 valence electrons. The normalized spacial score (nSPS) is 16.4. The molecular weight excluding hydrogens is 252 g/mol. The number of amidine groups is 1. The Labute approximate surface area is 120 Å². The minimum absolute atomic E-state index is 0.130. The molecule has 0 spiro atoms. The summed E-state index contributed by atoms with van der Waals surface area (Å²) in [4.78, 5) is 6.90. The van der Waals surface area contributed by atoms with Crippen molar-refractivity contribution in [2.75, 3.05) is 11.9 Å². The van der Waals surface area contributed by atoms with Gasteiger partial charge in [0.2, 0.25) is 0 Å². The first-order valence-electron chi connectivity index (χ1n) is 7.19. The fourth-order valence-electron chi connectivity index (χ4n) is 2.61. The lowest BCUT2D eigenvalue weighted by molar-refractivity contribution is 0.318. The molecule has 1 aromatic rings. The number of aromatic nitrogens is 1. The Hall–Kier alpha value is -1.78. The van der Waals surface area contributed by atoms with E-state index >= 15 is 0 Å². The topological polar surface area (TPSA) is 74.7 Å². The van der Waals surface area contributed by atoms with Gasteiger partial charge in [0.15, 0.2) is 5.84 Å². The van der Waals surface area contributed by atoms with Gasteiger partial charge in [0.1, 0.15) is 5.82 Å². The van der Waals surface area contributed by atoms with Crippen molar-refractivity contribution in [1.82, 2.24) is 4.98 Å². The van der Waals surface area contributed by atoms with Crippen molar-refractivity contribution in [3.8, 4) is 0 Å². The predicted molar refractivity (Wildman–Crippen MR) is 81.5 cm³/mol. The molecule has 0 saturated heterocycles. The molecule has 1 atom stereocenters. The average Bonchev–Trinajstić information content (AvgIpc) is 2.90. The fraction of sp³-hybridized carbons (Fsp3) is 0.600. The van der Waals surface area contributed by atoms with Gasteiger partial charge in [0, 0.05) is 18.8 Å². The lowest BCUT2D eigenvalue weighted by Gasteiger charge is -2.30. The van der Waals surface area contributed by atoms with E-state index in [-0.39, 0.29) is 5.84 Å². The van der Waals surface area contributed by atoms with Gasteiger partial charge in [0.05, 0.1) is 5.56 Å². The highest BCUT2D eigenvalue weighted by Gasteiger charge is 2.23. The van der Waals surface area contributed by atoms with E-state index in [1.54, 1.807) is 0 Å². The maximum absolute atomic E-state index is 9.01. The van der Waals surface area contributed by atoms with Gasteiger partial charge >= 0.3 is 0 Å². The molecule has 1 heterocycles. The van der Waals surface area contributed by atoms with Gasteiger partial charge in [-0.05, 0) is 43.7 Å². The van der Waals surface area contributed by atoms with Crippen LogP contribution >= 0.6 is 0 Å². The molecule has 5 heteroatoms. The monoisotopic (exact) mass is 276 g/mol. The molecule has 0 aliphatic heterocycles. The van der Waals surface area contributed by atoms with Crippen LogP contribution in [0.2, 0.25) is 0 Å². The molecule has 0 amide bonds. The Morgan fingerprint density at radius 2 is 2.10 bits per heavy atom. The van der Waals surface area contributed by atoms with Crippen LogP contribution < -0.4 is 10.6 Å². The molecule has 0 saturated carbocycles. The van der Waals surface area contributed by atoms with E-state index in [1.807, 2.05) is 13.1 Å². The third-order valence-corrected chi connectivity index (χ3v) is 4.32. The first kappa shape index (κ1) is 14.6. The summed E-state index contributed by atoms with van der Waals surface area (Å²) in [5, 5.41) is 12.2. The number of aryl methyl sites for hydroxylation is 2. The molecule has 0 bridgehead atoms. The van der Waals surface area contributed by atoms with Gasteiger partial charge < -0.3 is 15.8 Å². The van der Waals surface area contributed by atoms with Crippen LogP contribution in [0.25, 0.3) is 0 Å². The van der Waals surface area contributed by atoms with Crippen LogP contribution in [0.5, 0.6) is 0 Å². The number of hydrogen-bond donors (Lipinski definition) is 2. The molecule has 2 rings (SSSR count). The zero-order valence-corrected chi connectivity index (χ0v) is 12.7. The van der Waals surface area contributed by atoms with Crippen molar-refractivity contribution in [2.24, 2.45) is 16.8 Å². The van der Waals surface area contributed by atoms with Crippen LogP contribution in [-0.4, -0.2) is 29.1 Å². The molecule has 1 unspecified atom stereocenters. The highest BCUT2D eigenvalue weighted by Crippen LogP contribution is 2.28. The van der Waals surface area contributed by atoms with Crippen molar-refractivity contribution in [2.45, 2.75) is 46.1 Å². The predicted octanol–water partition coefficient (Wildman–Crippen LogP) is 2.15. The number of rotatable bonds is 4. The van der Waals surface area contributed by atoms with Crippen molar-refractivity contribution in [3.05, 3.63) is 22.9 Å². The number of oxime groups is 1. The summed E-state index contributed by atoms with van der Waals surface area (Å²) in [6.45, 7) is 6.52. The van der Waals surface area contributed by atoms with E-state index in [2.05, 4.69) is 30.8 Å². The highest BCUT2D eigenvalue weighted by atomic mass is 16.4. The second-order valence-electron chi connectivity index (χ2n) is 5.90. The molecule has 1 aliphatic carbocycles. The van der Waals surface area contributed by atoms with E-state index in [1.165, 1.54) is 5.56 Å². The Morgan fingerprint density at radius 1 is 1.40 bits per heavy atom. The SMILES string of the molecule is CC(C)C(C)N(C)c1nc2c(cc1C(N)=NO)CCC2. The molecule has 1 aliphatic rings. The lowest BCUT2D eigenvalue weighted by atomic mass is 10.0. The van der Waals surface area contributed by atoms with E-state index in [4.69, 9.17) is 15.9 Å². The Bertz CT molecular complexity index is 525. The van der Waals surface area contributed by atoms with Crippen molar-refractivity contribution in [3.63, 3.8) is 0 Å². The average molecular weight is 276 g/mol. The number of fused-ring (bicyclic) bond motifs is 1. The summed E-state index contributed by atoms with van der Waals surface area (Å²) in [5.74, 6) is 1.43. The Balaban J connectivity index is 2.50. The first-order valence-corrected chi connectivity index (χ1v) is 7.19. The van der Waals surface area contributed by atoms with Gasteiger partial charge in [-0.15, -0.1) is 0 Å². The van der Waals surface area contributed by atoms with Crippen molar-refractivity contribution in [1.29, 1.82) is 0 Å². The highest BCUT2D eigenvalue weighted by molar-refractivity contribution is 6.01. The van der Waals surface area contributed by atoms with Crippen LogP contribution in [0.3, 0.4) is 0 Å². The maximum Gasteiger partial charge on any atom is 0.173 e. The second-order valence-corrected chi connectivity index (χ2v) is 5.90. The zero-order valence-electron chi connectivity index (χ0n) is 12.7. The number of nitrogens with zero attached hydrogens (tertiary/aromatic N) is 3. The molecule has 5 nitrogen and oxygen atoms in total. The largest absolute Gasteiger partial charge is 0.409 e. The standard InChI is InChI=1S/C15H24N4O/c1-9(2)10(3)19(4)15-12(14(16)18-20)8-11-6-5-7-13(11)17-15/h8-10,20H,5-7H2,1-4H3,(H2,16,18). The van der Waals surface area contributed by atoms with Gasteiger partial charge in [0.25, 0.3) is 0 Å². The molecule has 0 fully saturated rings. The van der Waals surface area contributed by atoms with E-state index in [0.717, 1.165) is 36.3 Å². The fourth-order valence-corrected chi connectivity index (χ4v) is 2.61. The van der Waals surface area contributed by atoms with Crippen LogP contribution in [-0.2, 0) is 12.8 Å². The van der Waals surface area contributed by atoms with E-state index in [9.17, 15) is 0 Å². The van der Waals surface area contributed by atoms with Gasteiger partial charge in [-0.3, -0.25) is 0 Å². The van der Waals surface area contributed by atoms with Crippen LogP contribution in [0.4, 0.5) is 5.82 Å². The summed E-state index contributed by atoms with van der Waals surface area (Å²) in [6, 6.07) is 2.36. The van der Waals surface area contributed by atoms with Crippen molar-refractivity contribution >= 4 is 11.7 Å². The molecule has 0 radical (unpaired) electrons. The lowest BCUT2D eigenvalue weighted by Crippen LogP contribution is -2.35. The van der Waals surface area contributed by atoms with Crippen molar-refractivity contribution < 1.29 is 5.21 Å².